The predicted octanol–water partition coefficient (Wildman–Crippen LogP) is 0.760. The highest BCUT2D eigenvalue weighted by Gasteiger charge is 2.15. The Hall–Kier alpha value is -0.980. The van der Waals surface area contributed by atoms with Crippen molar-refractivity contribution < 1.29 is 12.8 Å². The second-order valence-electron chi connectivity index (χ2n) is 3.74. The number of hydrogen-bond donors (Lipinski definition) is 2. The van der Waals surface area contributed by atoms with E-state index in [1.165, 1.54) is 12.1 Å². The van der Waals surface area contributed by atoms with Gasteiger partial charge in [-0.15, -0.1) is 0 Å². The van der Waals surface area contributed by atoms with E-state index in [0.717, 1.165) is 6.07 Å². The third-order valence-corrected chi connectivity index (χ3v) is 3.47. The third-order valence-electron chi connectivity index (χ3n) is 2.05. The van der Waals surface area contributed by atoms with Crippen molar-refractivity contribution in [2.45, 2.75) is 24.8 Å². The van der Waals surface area contributed by atoms with Gasteiger partial charge in [-0.2, -0.15) is 0 Å². The number of hydrogen-bond acceptors (Lipinski definition) is 3. The Morgan fingerprint density at radius 2 is 2.12 bits per heavy atom. The largest absolute Gasteiger partial charge is 0.327 e. The van der Waals surface area contributed by atoms with Gasteiger partial charge in [-0.25, -0.2) is 17.5 Å². The first kappa shape index (κ1) is 13.1. The lowest BCUT2D eigenvalue weighted by Crippen LogP contribution is -2.35. The molecule has 0 fully saturated rings. The summed E-state index contributed by atoms with van der Waals surface area (Å²) in [6.45, 7) is 3.37. The Morgan fingerprint density at radius 1 is 1.50 bits per heavy atom. The van der Waals surface area contributed by atoms with E-state index in [4.69, 9.17) is 5.73 Å². The summed E-state index contributed by atoms with van der Waals surface area (Å²) < 4.78 is 38.8. The minimum atomic E-state index is -3.66. The summed E-state index contributed by atoms with van der Waals surface area (Å²) in [7, 11) is -3.66. The van der Waals surface area contributed by atoms with Crippen molar-refractivity contribution in [1.29, 1.82) is 0 Å². The van der Waals surface area contributed by atoms with E-state index in [1.807, 2.05) is 0 Å². The quantitative estimate of drug-likeness (QED) is 0.823. The molecule has 0 aromatic heterocycles. The first-order valence-electron chi connectivity index (χ1n) is 4.84. The second-order valence-corrected chi connectivity index (χ2v) is 5.51. The molecule has 1 rings (SSSR count). The molecule has 16 heavy (non-hydrogen) atoms. The first-order chi connectivity index (χ1) is 7.33. The molecule has 0 heterocycles. The minimum absolute atomic E-state index is 0.0868. The molecule has 0 saturated carbocycles. The number of nitrogens with two attached hydrogens (primary N) is 1. The summed E-state index contributed by atoms with van der Waals surface area (Å²) in [5.41, 5.74) is 5.84. The molecule has 0 aliphatic rings. The monoisotopic (exact) mass is 246 g/mol. The van der Waals surface area contributed by atoms with Crippen LogP contribution in [0.5, 0.6) is 0 Å². The zero-order valence-electron chi connectivity index (χ0n) is 9.20. The normalized spacial score (nSPS) is 13.8. The molecule has 0 radical (unpaired) electrons. The van der Waals surface area contributed by atoms with E-state index in [2.05, 4.69) is 4.72 Å². The Kier molecular flexibility index (Phi) is 4.01. The van der Waals surface area contributed by atoms with Gasteiger partial charge in [0, 0.05) is 12.6 Å². The van der Waals surface area contributed by atoms with E-state index in [9.17, 15) is 12.8 Å². The highest BCUT2D eigenvalue weighted by atomic mass is 32.2. The van der Waals surface area contributed by atoms with Crippen LogP contribution in [-0.4, -0.2) is 21.0 Å². The topological polar surface area (TPSA) is 72.2 Å². The lowest BCUT2D eigenvalue weighted by atomic mass is 10.2. The molecule has 0 bridgehead atoms. The van der Waals surface area contributed by atoms with Crippen LogP contribution < -0.4 is 10.5 Å². The van der Waals surface area contributed by atoms with Crippen LogP contribution in [-0.2, 0) is 10.0 Å². The summed E-state index contributed by atoms with van der Waals surface area (Å²) in [5, 5.41) is 0. The predicted molar refractivity (Wildman–Crippen MR) is 60.0 cm³/mol. The number of sulfonamides is 1. The summed E-state index contributed by atoms with van der Waals surface area (Å²) in [5.74, 6) is -0.538. The van der Waals surface area contributed by atoms with Crippen LogP contribution in [0.25, 0.3) is 0 Å². The number of aryl methyl sites for hydroxylation is 1. The van der Waals surface area contributed by atoms with Crippen molar-refractivity contribution in [2.24, 2.45) is 5.73 Å². The van der Waals surface area contributed by atoms with E-state index in [0.29, 0.717) is 5.56 Å². The van der Waals surface area contributed by atoms with Gasteiger partial charge < -0.3 is 5.73 Å². The van der Waals surface area contributed by atoms with E-state index >= 15 is 0 Å². The van der Waals surface area contributed by atoms with Crippen LogP contribution in [0.2, 0.25) is 0 Å². The molecule has 90 valence electrons. The van der Waals surface area contributed by atoms with Crippen LogP contribution in [0.3, 0.4) is 0 Å². The van der Waals surface area contributed by atoms with Gasteiger partial charge in [-0.3, -0.25) is 0 Å². The summed E-state index contributed by atoms with van der Waals surface area (Å²) in [6.07, 6.45) is 0. The maximum absolute atomic E-state index is 13.2. The Labute approximate surface area is 94.7 Å². The van der Waals surface area contributed by atoms with Crippen molar-refractivity contribution in [2.75, 3.05) is 6.54 Å². The average Bonchev–Trinajstić information content (AvgIpc) is 2.19. The molecule has 1 aromatic rings. The van der Waals surface area contributed by atoms with Gasteiger partial charge in [0.1, 0.15) is 5.82 Å². The lowest BCUT2D eigenvalue weighted by Gasteiger charge is -2.09. The molecule has 0 amide bonds. The van der Waals surface area contributed by atoms with Gasteiger partial charge in [0.05, 0.1) is 4.90 Å². The first-order valence-corrected chi connectivity index (χ1v) is 6.32. The van der Waals surface area contributed by atoms with Crippen LogP contribution >= 0.6 is 0 Å². The van der Waals surface area contributed by atoms with Crippen molar-refractivity contribution in [3.05, 3.63) is 29.6 Å². The molecule has 1 aromatic carbocycles. The smallest absolute Gasteiger partial charge is 0.240 e. The molecule has 1 unspecified atom stereocenters. The molecule has 0 aliphatic carbocycles. The summed E-state index contributed by atoms with van der Waals surface area (Å²) in [4.78, 5) is -0.0868. The molecule has 1 atom stereocenters. The molecule has 6 heteroatoms. The Bertz CT molecular complexity index is 472. The fourth-order valence-corrected chi connectivity index (χ4v) is 2.22. The zero-order chi connectivity index (χ0) is 12.3. The molecule has 3 N–H and O–H groups in total. The van der Waals surface area contributed by atoms with Gasteiger partial charge in [-0.1, -0.05) is 6.07 Å². The number of rotatable bonds is 4. The van der Waals surface area contributed by atoms with Crippen LogP contribution in [0.1, 0.15) is 12.5 Å². The van der Waals surface area contributed by atoms with Crippen molar-refractivity contribution in [1.82, 2.24) is 4.72 Å². The number of halogens is 1. The number of benzene rings is 1. The molecule has 4 nitrogen and oxygen atoms in total. The van der Waals surface area contributed by atoms with E-state index in [1.54, 1.807) is 13.8 Å². The minimum Gasteiger partial charge on any atom is -0.327 e. The van der Waals surface area contributed by atoms with Gasteiger partial charge in [0.2, 0.25) is 10.0 Å². The van der Waals surface area contributed by atoms with E-state index in [-0.39, 0.29) is 17.5 Å². The maximum atomic E-state index is 13.2. The standard InChI is InChI=1S/C10H15FN2O2S/c1-7-3-4-9(5-10(7)11)16(14,15)13-6-8(2)12/h3-5,8,13H,6,12H2,1-2H3. The molecular formula is C10H15FN2O2S. The molecular weight excluding hydrogens is 231 g/mol. The third kappa shape index (κ3) is 3.26. The zero-order valence-corrected chi connectivity index (χ0v) is 10.0. The Morgan fingerprint density at radius 3 is 2.62 bits per heavy atom. The van der Waals surface area contributed by atoms with Gasteiger partial charge in [0.25, 0.3) is 0 Å². The van der Waals surface area contributed by atoms with Crippen molar-refractivity contribution >= 4 is 10.0 Å². The highest BCUT2D eigenvalue weighted by Crippen LogP contribution is 2.13. The molecule has 0 saturated heterocycles. The lowest BCUT2D eigenvalue weighted by molar-refractivity contribution is 0.570. The maximum Gasteiger partial charge on any atom is 0.240 e. The number of nitrogens with one attached hydrogen (secondary N) is 1. The SMILES string of the molecule is Cc1ccc(S(=O)(=O)NCC(C)N)cc1F. The van der Waals surface area contributed by atoms with Crippen molar-refractivity contribution in [3.8, 4) is 0 Å². The van der Waals surface area contributed by atoms with Crippen LogP contribution in [0.15, 0.2) is 23.1 Å². The van der Waals surface area contributed by atoms with Gasteiger partial charge in [0.15, 0.2) is 0 Å². The summed E-state index contributed by atoms with van der Waals surface area (Å²) >= 11 is 0. The van der Waals surface area contributed by atoms with E-state index < -0.39 is 15.8 Å². The molecule has 0 aliphatic heterocycles. The van der Waals surface area contributed by atoms with Gasteiger partial charge in [-0.05, 0) is 31.5 Å². The van der Waals surface area contributed by atoms with Crippen LogP contribution in [0, 0.1) is 12.7 Å². The fourth-order valence-electron chi connectivity index (χ4n) is 1.07. The second kappa shape index (κ2) is 4.90. The highest BCUT2D eigenvalue weighted by molar-refractivity contribution is 7.89. The fraction of sp³-hybridized carbons (Fsp3) is 0.400. The van der Waals surface area contributed by atoms with Crippen LogP contribution in [0.4, 0.5) is 4.39 Å². The summed E-state index contributed by atoms with van der Waals surface area (Å²) in [6, 6.07) is 3.50. The van der Waals surface area contributed by atoms with Gasteiger partial charge >= 0.3 is 0 Å². The Balaban J connectivity index is 2.94. The van der Waals surface area contributed by atoms with Crippen molar-refractivity contribution in [3.63, 3.8) is 0 Å². The average molecular weight is 246 g/mol. The molecule has 0 spiro atoms.